The zero-order valence-electron chi connectivity index (χ0n) is 26.0. The molecule has 3 aromatic carbocycles. The first kappa shape index (κ1) is 31.4. The van der Waals surface area contributed by atoms with E-state index in [4.69, 9.17) is 0 Å². The molecule has 43 heavy (non-hydrogen) atoms. The topological polar surface area (TPSA) is 0 Å². The van der Waals surface area contributed by atoms with Crippen LogP contribution in [0.1, 0.15) is 102 Å². The monoisotopic (exact) mass is 584 g/mol. The molecule has 2 aliphatic rings. The molecule has 0 aliphatic heterocycles. The maximum absolute atomic E-state index is 15.4. The molecule has 0 aromatic heterocycles. The fourth-order valence-corrected chi connectivity index (χ4v) is 7.30. The molecule has 0 radical (unpaired) electrons. The first-order valence-corrected chi connectivity index (χ1v) is 16.7. The number of unbranched alkanes of at least 4 members (excludes halogenated alkanes) is 2. The van der Waals surface area contributed by atoms with Crippen molar-refractivity contribution in [2.75, 3.05) is 0 Å². The fourth-order valence-electron chi connectivity index (χ4n) is 7.30. The molecule has 3 heteroatoms. The van der Waals surface area contributed by atoms with Gasteiger partial charge in [0.1, 0.15) is 5.82 Å². The van der Waals surface area contributed by atoms with E-state index in [9.17, 15) is 8.78 Å². The van der Waals surface area contributed by atoms with Gasteiger partial charge < -0.3 is 0 Å². The van der Waals surface area contributed by atoms with Crippen LogP contribution >= 0.6 is 0 Å². The summed E-state index contributed by atoms with van der Waals surface area (Å²) in [6.07, 6.45) is 21.5. The minimum Gasteiger partial charge on any atom is -0.206 e. The number of hydrogen-bond donors (Lipinski definition) is 0. The maximum atomic E-state index is 15.4. The molecule has 1 fully saturated rings. The molecule has 228 valence electrons. The molecule has 0 heterocycles. The van der Waals surface area contributed by atoms with Gasteiger partial charge in [-0.2, -0.15) is 0 Å². The van der Waals surface area contributed by atoms with Gasteiger partial charge in [0.2, 0.25) is 0 Å². The van der Waals surface area contributed by atoms with E-state index in [1.807, 2.05) is 43.3 Å². The molecule has 3 aromatic rings. The second kappa shape index (κ2) is 15.1. The molecular formula is C40H47F3. The summed E-state index contributed by atoms with van der Waals surface area (Å²) in [4.78, 5) is 0. The van der Waals surface area contributed by atoms with Gasteiger partial charge in [0.25, 0.3) is 0 Å². The number of allylic oxidation sites excluding steroid dienone is 4. The van der Waals surface area contributed by atoms with Crippen LogP contribution < -0.4 is 0 Å². The third-order valence-electron chi connectivity index (χ3n) is 9.97. The van der Waals surface area contributed by atoms with Gasteiger partial charge in [0.15, 0.2) is 11.6 Å². The largest absolute Gasteiger partial charge is 0.206 e. The van der Waals surface area contributed by atoms with E-state index in [1.54, 1.807) is 30.3 Å². The SMILES string of the molecule is CC/C=C\Cc1ccc(-c2ccc(-c3ccc(C4=CCC(C5CCC(CCCCC)CC5)CC4)c(F)c3)cc2)c(F)c1F. The Morgan fingerprint density at radius 1 is 0.698 bits per heavy atom. The number of halogens is 3. The summed E-state index contributed by atoms with van der Waals surface area (Å²) in [6.45, 7) is 4.29. The van der Waals surface area contributed by atoms with E-state index in [-0.39, 0.29) is 11.4 Å². The second-order valence-corrected chi connectivity index (χ2v) is 12.8. The second-order valence-electron chi connectivity index (χ2n) is 12.8. The van der Waals surface area contributed by atoms with Crippen molar-refractivity contribution in [2.24, 2.45) is 17.8 Å². The van der Waals surface area contributed by atoms with Crippen molar-refractivity contribution < 1.29 is 13.2 Å². The zero-order valence-corrected chi connectivity index (χ0v) is 26.0. The summed E-state index contributed by atoms with van der Waals surface area (Å²) in [7, 11) is 0. The van der Waals surface area contributed by atoms with Crippen LogP contribution in [-0.4, -0.2) is 0 Å². The Hall–Kier alpha value is -3.07. The van der Waals surface area contributed by atoms with Crippen molar-refractivity contribution in [3.05, 3.63) is 101 Å². The number of hydrogen-bond acceptors (Lipinski definition) is 0. The van der Waals surface area contributed by atoms with Crippen LogP contribution in [0.2, 0.25) is 0 Å². The van der Waals surface area contributed by atoms with Crippen LogP contribution in [0.4, 0.5) is 13.2 Å². The Morgan fingerprint density at radius 2 is 1.42 bits per heavy atom. The molecule has 0 saturated heterocycles. The van der Waals surface area contributed by atoms with Crippen LogP contribution in [0.25, 0.3) is 27.8 Å². The normalized spacial score (nSPS) is 20.9. The van der Waals surface area contributed by atoms with Crippen molar-refractivity contribution >= 4 is 5.57 Å². The lowest BCUT2D eigenvalue weighted by molar-refractivity contribution is 0.187. The molecule has 1 saturated carbocycles. The average molecular weight is 585 g/mol. The van der Waals surface area contributed by atoms with Crippen molar-refractivity contribution in [1.29, 1.82) is 0 Å². The van der Waals surface area contributed by atoms with E-state index in [0.29, 0.717) is 23.1 Å². The van der Waals surface area contributed by atoms with Gasteiger partial charge in [-0.15, -0.1) is 0 Å². The molecular weight excluding hydrogens is 537 g/mol. The predicted octanol–water partition coefficient (Wildman–Crippen LogP) is 12.5. The first-order chi connectivity index (χ1) is 21.0. The van der Waals surface area contributed by atoms with E-state index in [1.165, 1.54) is 51.4 Å². The highest BCUT2D eigenvalue weighted by molar-refractivity contribution is 5.74. The summed E-state index contributed by atoms with van der Waals surface area (Å²) in [5.41, 5.74) is 4.65. The molecule has 1 unspecified atom stereocenters. The fraction of sp³-hybridized carbons (Fsp3) is 0.450. The molecule has 0 N–H and O–H groups in total. The highest BCUT2D eigenvalue weighted by Crippen LogP contribution is 2.43. The van der Waals surface area contributed by atoms with E-state index in [2.05, 4.69) is 13.0 Å². The van der Waals surface area contributed by atoms with Crippen LogP contribution in [0.3, 0.4) is 0 Å². The molecule has 0 spiro atoms. The van der Waals surface area contributed by atoms with Gasteiger partial charge in [0, 0.05) is 11.1 Å². The van der Waals surface area contributed by atoms with Gasteiger partial charge in [-0.3, -0.25) is 0 Å². The van der Waals surface area contributed by atoms with Crippen molar-refractivity contribution in [1.82, 2.24) is 0 Å². The molecule has 1 atom stereocenters. The zero-order chi connectivity index (χ0) is 30.2. The Bertz CT molecular complexity index is 1410. The van der Waals surface area contributed by atoms with E-state index in [0.717, 1.165) is 60.1 Å². The summed E-state index contributed by atoms with van der Waals surface area (Å²) >= 11 is 0. The Balaban J connectivity index is 1.20. The molecule has 0 bridgehead atoms. The van der Waals surface area contributed by atoms with Gasteiger partial charge in [-0.25, -0.2) is 13.2 Å². The quantitative estimate of drug-likeness (QED) is 0.155. The minimum absolute atomic E-state index is 0.195. The lowest BCUT2D eigenvalue weighted by Crippen LogP contribution is -2.23. The summed E-state index contributed by atoms with van der Waals surface area (Å²) < 4.78 is 45.0. The third kappa shape index (κ3) is 7.72. The summed E-state index contributed by atoms with van der Waals surface area (Å²) in [5.74, 6) is 0.696. The van der Waals surface area contributed by atoms with E-state index < -0.39 is 11.6 Å². The van der Waals surface area contributed by atoms with Gasteiger partial charge in [0.05, 0.1) is 0 Å². The third-order valence-corrected chi connectivity index (χ3v) is 9.97. The highest BCUT2D eigenvalue weighted by Gasteiger charge is 2.29. The first-order valence-electron chi connectivity index (χ1n) is 16.7. The van der Waals surface area contributed by atoms with Crippen LogP contribution in [0.5, 0.6) is 0 Å². The standard InChI is InChI=1S/C40H47F3/c1-3-5-7-9-28-11-13-29(14-12-28)30-15-19-32(20-16-30)36-25-24-35(27-38(36)41)31-17-21-33(22-18-31)37-26-23-34(10-8-6-4-2)39(42)40(37)43/h6,8,17-19,21-30H,3-5,7,9-16,20H2,1-2H3/b8-6-. The van der Waals surface area contributed by atoms with Gasteiger partial charge in [-0.05, 0) is 96.6 Å². The predicted molar refractivity (Wildman–Crippen MR) is 175 cm³/mol. The summed E-state index contributed by atoms with van der Waals surface area (Å²) in [6, 6.07) is 16.0. The average Bonchev–Trinajstić information content (AvgIpc) is 3.04. The van der Waals surface area contributed by atoms with Crippen molar-refractivity contribution in [3.8, 4) is 22.3 Å². The molecule has 5 rings (SSSR count). The van der Waals surface area contributed by atoms with Gasteiger partial charge in [-0.1, -0.05) is 119 Å². The molecule has 0 amide bonds. The van der Waals surface area contributed by atoms with E-state index >= 15 is 4.39 Å². The molecule has 2 aliphatic carbocycles. The van der Waals surface area contributed by atoms with Crippen LogP contribution in [0.15, 0.2) is 72.8 Å². The van der Waals surface area contributed by atoms with Crippen LogP contribution in [-0.2, 0) is 6.42 Å². The lowest BCUT2D eigenvalue weighted by atomic mass is 9.70. The summed E-state index contributed by atoms with van der Waals surface area (Å²) in [5, 5.41) is 0. The van der Waals surface area contributed by atoms with Crippen molar-refractivity contribution in [3.63, 3.8) is 0 Å². The number of rotatable bonds is 11. The lowest BCUT2D eigenvalue weighted by Gasteiger charge is -2.35. The molecule has 0 nitrogen and oxygen atoms in total. The maximum Gasteiger partial charge on any atom is 0.166 e. The van der Waals surface area contributed by atoms with Crippen molar-refractivity contribution in [2.45, 2.75) is 97.3 Å². The smallest absolute Gasteiger partial charge is 0.166 e. The van der Waals surface area contributed by atoms with Crippen LogP contribution in [0, 0.1) is 35.2 Å². The minimum atomic E-state index is -0.830. The Morgan fingerprint density at radius 3 is 2.09 bits per heavy atom. The number of benzene rings is 3. The highest BCUT2D eigenvalue weighted by atomic mass is 19.2. The Kier molecular flexibility index (Phi) is 11.0. The van der Waals surface area contributed by atoms with Gasteiger partial charge >= 0.3 is 0 Å². The Labute approximate surface area is 257 Å².